The molecule has 0 bridgehead atoms. The summed E-state index contributed by atoms with van der Waals surface area (Å²) in [5.41, 5.74) is -0.247. The SMILES string of the molecule is C=C[C@](C)(CO)[C@H](C)CCO. The topological polar surface area (TPSA) is 40.5 Å². The summed E-state index contributed by atoms with van der Waals surface area (Å²) in [6.07, 6.45) is 2.47. The molecule has 0 aliphatic rings. The summed E-state index contributed by atoms with van der Waals surface area (Å²) in [5, 5.41) is 17.7. The molecule has 0 amide bonds. The lowest BCUT2D eigenvalue weighted by atomic mass is 9.77. The molecular weight excluding hydrogens is 140 g/mol. The molecule has 0 heterocycles. The van der Waals surface area contributed by atoms with Gasteiger partial charge in [-0.2, -0.15) is 0 Å². The van der Waals surface area contributed by atoms with Crippen molar-refractivity contribution in [2.45, 2.75) is 20.3 Å². The van der Waals surface area contributed by atoms with Crippen LogP contribution in [0.5, 0.6) is 0 Å². The Morgan fingerprint density at radius 1 is 1.55 bits per heavy atom. The number of hydrogen-bond donors (Lipinski definition) is 2. The maximum absolute atomic E-state index is 9.03. The fraction of sp³-hybridized carbons (Fsp3) is 0.778. The predicted octanol–water partition coefficient (Wildman–Crippen LogP) is 1.19. The van der Waals surface area contributed by atoms with E-state index in [2.05, 4.69) is 6.58 Å². The van der Waals surface area contributed by atoms with Crippen LogP contribution in [0.25, 0.3) is 0 Å². The smallest absolute Gasteiger partial charge is 0.0521 e. The highest BCUT2D eigenvalue weighted by Crippen LogP contribution is 2.29. The number of aliphatic hydroxyl groups excluding tert-OH is 2. The third-order valence-electron chi connectivity index (χ3n) is 2.49. The average molecular weight is 158 g/mol. The zero-order chi connectivity index (χ0) is 8.91. The van der Waals surface area contributed by atoms with Crippen molar-refractivity contribution < 1.29 is 10.2 Å². The summed E-state index contributed by atoms with van der Waals surface area (Å²) in [6.45, 7) is 7.88. The van der Waals surface area contributed by atoms with Gasteiger partial charge in [0.2, 0.25) is 0 Å². The summed E-state index contributed by atoms with van der Waals surface area (Å²) in [5.74, 6) is 0.273. The maximum Gasteiger partial charge on any atom is 0.0521 e. The quantitative estimate of drug-likeness (QED) is 0.590. The lowest BCUT2D eigenvalue weighted by Gasteiger charge is -2.30. The zero-order valence-corrected chi connectivity index (χ0v) is 7.38. The van der Waals surface area contributed by atoms with Crippen molar-refractivity contribution in [3.8, 4) is 0 Å². The van der Waals surface area contributed by atoms with Crippen molar-refractivity contribution >= 4 is 0 Å². The Bertz CT molecular complexity index is 123. The van der Waals surface area contributed by atoms with E-state index in [1.54, 1.807) is 6.08 Å². The minimum atomic E-state index is -0.247. The Kier molecular flexibility index (Phi) is 4.38. The van der Waals surface area contributed by atoms with Crippen LogP contribution >= 0.6 is 0 Å². The van der Waals surface area contributed by atoms with Gasteiger partial charge in [-0.25, -0.2) is 0 Å². The predicted molar refractivity (Wildman–Crippen MR) is 46.3 cm³/mol. The van der Waals surface area contributed by atoms with Gasteiger partial charge in [0, 0.05) is 12.0 Å². The van der Waals surface area contributed by atoms with Crippen molar-refractivity contribution in [2.75, 3.05) is 13.2 Å². The van der Waals surface area contributed by atoms with Crippen LogP contribution < -0.4 is 0 Å². The van der Waals surface area contributed by atoms with Gasteiger partial charge in [0.25, 0.3) is 0 Å². The molecule has 0 rings (SSSR count). The Balaban J connectivity index is 4.11. The van der Waals surface area contributed by atoms with Crippen molar-refractivity contribution in [1.29, 1.82) is 0 Å². The van der Waals surface area contributed by atoms with E-state index in [1.165, 1.54) is 0 Å². The molecule has 0 spiro atoms. The molecule has 0 aliphatic heterocycles. The lowest BCUT2D eigenvalue weighted by Crippen LogP contribution is -2.27. The highest BCUT2D eigenvalue weighted by molar-refractivity contribution is 4.94. The van der Waals surface area contributed by atoms with Crippen LogP contribution in [0.3, 0.4) is 0 Å². The Hall–Kier alpha value is -0.340. The third-order valence-corrected chi connectivity index (χ3v) is 2.49. The molecule has 0 aromatic carbocycles. The second-order valence-electron chi connectivity index (χ2n) is 3.28. The fourth-order valence-corrected chi connectivity index (χ4v) is 0.945. The minimum Gasteiger partial charge on any atom is -0.396 e. The molecule has 2 N–H and O–H groups in total. The van der Waals surface area contributed by atoms with Gasteiger partial charge in [-0.3, -0.25) is 0 Å². The van der Waals surface area contributed by atoms with Gasteiger partial charge < -0.3 is 10.2 Å². The van der Waals surface area contributed by atoms with Crippen molar-refractivity contribution in [2.24, 2.45) is 11.3 Å². The molecular formula is C9H18O2. The molecule has 0 fully saturated rings. The molecule has 2 nitrogen and oxygen atoms in total. The third kappa shape index (κ3) is 2.64. The molecule has 2 atom stereocenters. The van der Waals surface area contributed by atoms with E-state index >= 15 is 0 Å². The van der Waals surface area contributed by atoms with E-state index in [1.807, 2.05) is 13.8 Å². The summed E-state index contributed by atoms with van der Waals surface area (Å²) in [4.78, 5) is 0. The van der Waals surface area contributed by atoms with Crippen LogP contribution in [0.15, 0.2) is 12.7 Å². The lowest BCUT2D eigenvalue weighted by molar-refractivity contribution is 0.113. The fourth-order valence-electron chi connectivity index (χ4n) is 0.945. The van der Waals surface area contributed by atoms with E-state index in [0.29, 0.717) is 6.42 Å². The molecule has 0 aliphatic carbocycles. The Morgan fingerprint density at radius 2 is 2.09 bits per heavy atom. The molecule has 0 unspecified atom stereocenters. The summed E-state index contributed by atoms with van der Waals surface area (Å²) >= 11 is 0. The molecule has 0 aromatic heterocycles. The van der Waals surface area contributed by atoms with Gasteiger partial charge in [0.05, 0.1) is 6.61 Å². The summed E-state index contributed by atoms with van der Waals surface area (Å²) in [7, 11) is 0. The number of aliphatic hydroxyl groups is 2. The Morgan fingerprint density at radius 3 is 2.36 bits per heavy atom. The van der Waals surface area contributed by atoms with Crippen LogP contribution in [0.2, 0.25) is 0 Å². The molecule has 66 valence electrons. The molecule has 0 radical (unpaired) electrons. The summed E-state index contributed by atoms with van der Waals surface area (Å²) < 4.78 is 0. The first-order chi connectivity index (χ1) is 5.10. The van der Waals surface area contributed by atoms with Gasteiger partial charge in [-0.15, -0.1) is 6.58 Å². The normalized spacial score (nSPS) is 18.9. The van der Waals surface area contributed by atoms with E-state index in [9.17, 15) is 0 Å². The number of rotatable bonds is 5. The van der Waals surface area contributed by atoms with Gasteiger partial charge in [0.1, 0.15) is 0 Å². The first-order valence-electron chi connectivity index (χ1n) is 3.96. The maximum atomic E-state index is 9.03. The van der Waals surface area contributed by atoms with Crippen LogP contribution in [0.1, 0.15) is 20.3 Å². The molecule has 2 heteroatoms. The zero-order valence-electron chi connectivity index (χ0n) is 7.38. The number of hydrogen-bond acceptors (Lipinski definition) is 2. The van der Waals surface area contributed by atoms with Gasteiger partial charge >= 0.3 is 0 Å². The van der Waals surface area contributed by atoms with Crippen molar-refractivity contribution in [3.63, 3.8) is 0 Å². The van der Waals surface area contributed by atoms with Crippen LogP contribution in [-0.4, -0.2) is 23.4 Å². The second kappa shape index (κ2) is 4.52. The molecule has 11 heavy (non-hydrogen) atoms. The van der Waals surface area contributed by atoms with Crippen LogP contribution in [0, 0.1) is 11.3 Å². The van der Waals surface area contributed by atoms with Crippen molar-refractivity contribution in [3.05, 3.63) is 12.7 Å². The first kappa shape index (κ1) is 10.7. The van der Waals surface area contributed by atoms with E-state index in [4.69, 9.17) is 10.2 Å². The van der Waals surface area contributed by atoms with Crippen molar-refractivity contribution in [1.82, 2.24) is 0 Å². The average Bonchev–Trinajstić information content (AvgIpc) is 2.03. The second-order valence-corrected chi connectivity index (χ2v) is 3.28. The largest absolute Gasteiger partial charge is 0.396 e. The molecule has 0 saturated heterocycles. The van der Waals surface area contributed by atoms with Gasteiger partial charge in [0.15, 0.2) is 0 Å². The minimum absolute atomic E-state index is 0.0949. The molecule has 0 saturated carbocycles. The summed E-state index contributed by atoms with van der Waals surface area (Å²) in [6, 6.07) is 0. The highest BCUT2D eigenvalue weighted by atomic mass is 16.3. The Labute approximate surface area is 68.6 Å². The van der Waals surface area contributed by atoms with E-state index in [0.717, 1.165) is 0 Å². The van der Waals surface area contributed by atoms with E-state index in [-0.39, 0.29) is 24.5 Å². The van der Waals surface area contributed by atoms with Crippen LogP contribution in [-0.2, 0) is 0 Å². The van der Waals surface area contributed by atoms with E-state index < -0.39 is 0 Å². The molecule has 0 aromatic rings. The standard InChI is InChI=1S/C9H18O2/c1-4-9(3,7-11)8(2)5-6-10/h4,8,10-11H,1,5-7H2,2-3H3/t8-,9-/m1/s1. The first-order valence-corrected chi connectivity index (χ1v) is 3.96. The van der Waals surface area contributed by atoms with Gasteiger partial charge in [-0.1, -0.05) is 19.9 Å². The van der Waals surface area contributed by atoms with Gasteiger partial charge in [-0.05, 0) is 12.3 Å². The van der Waals surface area contributed by atoms with Crippen LogP contribution in [0.4, 0.5) is 0 Å². The monoisotopic (exact) mass is 158 g/mol. The highest BCUT2D eigenvalue weighted by Gasteiger charge is 2.26.